The van der Waals surface area contributed by atoms with Gasteiger partial charge in [-0.3, -0.25) is 14.4 Å². The average Bonchev–Trinajstić information content (AvgIpc) is 3.55. The Hall–Kier alpha value is -5.18. The van der Waals surface area contributed by atoms with Gasteiger partial charge < -0.3 is 24.7 Å². The lowest BCUT2D eigenvalue weighted by Crippen LogP contribution is -2.43. The zero-order valence-corrected chi connectivity index (χ0v) is 43.1. The molecule has 12 heteroatoms. The molecule has 0 aromatic heterocycles. The average molecular weight is 983 g/mol. The second-order valence-electron chi connectivity index (χ2n) is 19.2. The highest BCUT2D eigenvalue weighted by Gasteiger charge is 2.40. The van der Waals surface area contributed by atoms with E-state index in [0.717, 1.165) is 55.7 Å². The summed E-state index contributed by atoms with van der Waals surface area (Å²) >= 11 is 1.88. The summed E-state index contributed by atoms with van der Waals surface area (Å²) in [6.45, 7) is 11.1. The molecule has 6 aromatic rings. The van der Waals surface area contributed by atoms with Gasteiger partial charge in [0.1, 0.15) is 6.10 Å². The van der Waals surface area contributed by atoms with Gasteiger partial charge in [-0.25, -0.2) is 0 Å². The minimum absolute atomic E-state index is 0.0163. The lowest BCUT2D eigenvalue weighted by Gasteiger charge is -2.39. The van der Waals surface area contributed by atoms with Gasteiger partial charge in [-0.05, 0) is 136 Å². The molecule has 3 N–H and O–H groups in total. The van der Waals surface area contributed by atoms with Gasteiger partial charge in [0, 0.05) is 52.6 Å². The normalized spacial score (nSPS) is 20.3. The maximum absolute atomic E-state index is 10.3. The molecule has 0 amide bonds. The quantitative estimate of drug-likeness (QED) is 0.0950. The molecule has 0 saturated carbocycles. The molecular weight excluding hydrogens is 913 g/mol. The summed E-state index contributed by atoms with van der Waals surface area (Å²) in [7, 11) is 0.778. The van der Waals surface area contributed by atoms with Crippen LogP contribution < -0.4 is 4.90 Å². The molecule has 6 aromatic carbocycles. The van der Waals surface area contributed by atoms with Crippen molar-refractivity contribution in [3.63, 3.8) is 0 Å². The Morgan fingerprint density at radius 1 is 0.729 bits per heavy atom. The summed E-state index contributed by atoms with van der Waals surface area (Å²) in [5.74, 6) is -0.0217. The maximum Gasteiger partial charge on any atom is 0.261 e. The fraction of sp³-hybridized carbons (Fsp3) is 0.379. The first-order valence-corrected chi connectivity index (χ1v) is 27.5. The van der Waals surface area contributed by atoms with Crippen LogP contribution in [0.4, 0.5) is 11.4 Å². The van der Waals surface area contributed by atoms with Crippen LogP contribution in [0.3, 0.4) is 0 Å². The third-order valence-corrected chi connectivity index (χ3v) is 15.9. The molecule has 1 aliphatic carbocycles. The van der Waals surface area contributed by atoms with Gasteiger partial charge in [0.25, 0.3) is 10.1 Å². The highest BCUT2D eigenvalue weighted by atomic mass is 32.2. The van der Waals surface area contributed by atoms with E-state index in [-0.39, 0.29) is 17.6 Å². The van der Waals surface area contributed by atoms with E-state index in [1.807, 2.05) is 17.8 Å². The van der Waals surface area contributed by atoms with Gasteiger partial charge in [0.2, 0.25) is 0 Å². The Morgan fingerprint density at radius 2 is 1.27 bits per heavy atom. The van der Waals surface area contributed by atoms with Crippen LogP contribution in [-0.4, -0.2) is 109 Å². The highest BCUT2D eigenvalue weighted by Crippen LogP contribution is 2.51. The van der Waals surface area contributed by atoms with E-state index in [1.54, 1.807) is 6.07 Å². The molecule has 4 heterocycles. The summed E-state index contributed by atoms with van der Waals surface area (Å²) < 4.78 is 32.5. The van der Waals surface area contributed by atoms with Crippen LogP contribution in [0.2, 0.25) is 0 Å². The molecule has 0 radical (unpaired) electrons. The smallest absolute Gasteiger partial charge is 0.261 e. The van der Waals surface area contributed by atoms with Crippen molar-refractivity contribution in [3.05, 3.63) is 167 Å². The summed E-state index contributed by atoms with van der Waals surface area (Å²) in [6.07, 6.45) is 8.08. The number of likely N-dealkylation sites (N-methyl/N-ethyl adjacent to an activating group) is 2. The summed E-state index contributed by atoms with van der Waals surface area (Å²) in [4.78, 5) is 12.7. The summed E-state index contributed by atoms with van der Waals surface area (Å²) in [6, 6.07) is 50.9. The number of piperidine rings is 1. The first-order valence-electron chi connectivity index (χ1n) is 24.9. The van der Waals surface area contributed by atoms with E-state index in [2.05, 4.69) is 182 Å². The van der Waals surface area contributed by atoms with Gasteiger partial charge in [-0.2, -0.15) is 8.42 Å². The number of fused-ring (bicyclic) bond motifs is 6. The monoisotopic (exact) mass is 982 g/mol. The number of benzene rings is 6. The van der Waals surface area contributed by atoms with Crippen LogP contribution >= 0.6 is 11.8 Å². The second-order valence-corrected chi connectivity index (χ2v) is 21.8. The van der Waals surface area contributed by atoms with Crippen molar-refractivity contribution in [2.75, 3.05) is 51.4 Å². The number of hydrogen-bond acceptors (Lipinski definition) is 10. The number of phenols is 2. The molecule has 5 atom stereocenters. The predicted octanol–water partition coefficient (Wildman–Crippen LogP) is 11.8. The number of rotatable bonds is 9. The predicted molar refractivity (Wildman–Crippen MR) is 285 cm³/mol. The van der Waals surface area contributed by atoms with Gasteiger partial charge in [-0.1, -0.05) is 135 Å². The third kappa shape index (κ3) is 11.9. The van der Waals surface area contributed by atoms with Crippen molar-refractivity contribution in [2.45, 2.75) is 105 Å². The van der Waals surface area contributed by atoms with E-state index < -0.39 is 10.1 Å². The fourth-order valence-corrected chi connectivity index (χ4v) is 12.2. The van der Waals surface area contributed by atoms with Crippen LogP contribution in [0.15, 0.2) is 149 Å². The molecule has 11 rings (SSSR count). The molecule has 1 unspecified atom stereocenters. The largest absolute Gasteiger partial charge is 0.504 e. The number of anilines is 2. The van der Waals surface area contributed by atoms with Crippen LogP contribution in [-0.2, 0) is 27.7 Å². The second kappa shape index (κ2) is 22.9. The van der Waals surface area contributed by atoms with Crippen LogP contribution in [0, 0.1) is 0 Å². The Balaban J connectivity index is 0.000000135. The number of aromatic hydroxyl groups is 2. The molecule has 2 saturated heterocycles. The zero-order chi connectivity index (χ0) is 49.5. The minimum Gasteiger partial charge on any atom is -0.504 e. The summed E-state index contributed by atoms with van der Waals surface area (Å²) in [5, 5.41) is 20.1. The first kappa shape index (κ1) is 51.2. The standard InChI is InChI=1S/C21H25NO.C19H24N2S.C17H17NO2.CH4O3S/c1-22-18-12-13-19(22)15-20(14-18)23-21(16-8-4-2-5-9-16)17-10-6-3-7-11-17;1-4-20(5-2)15(3)14-21-16-10-6-8-12-18(16)22-19-13-9-7-11-17(19)21;1-18-8-7-10-3-2-4-12-15(10)13(18)9-11-5-6-14(19)17(20)16(11)12;1-5(2,3)4/h2-11,18-21H,12-15H2,1H3;6-13,15H,4-5,14H2,1-3H3;2-6,13,19-20H,7-9H2,1H3;1H3,(H,2,3,4)/t18-,19+,20+;;13-;/m..1./s1. The van der Waals surface area contributed by atoms with Crippen molar-refractivity contribution in [1.82, 2.24) is 14.7 Å². The van der Waals surface area contributed by atoms with E-state index in [9.17, 15) is 18.6 Å². The molecule has 2 fully saturated rings. The van der Waals surface area contributed by atoms with Gasteiger partial charge >= 0.3 is 0 Å². The number of nitrogens with zero attached hydrogens (tertiary/aromatic N) is 4. The SMILES string of the molecule is CCN(CC)C(C)CN1c2ccccc2Sc2ccccc21.CN1CCc2cccc3c2[C@H]1Cc1ccc(O)c(O)c1-3.CN1[C@@H]2CC[C@H]1C[C@@H](OC(c1ccccc1)c1ccccc1)C2.CS(=O)(=O)O. The fourth-order valence-electron chi connectivity index (χ4n) is 11.1. The van der Waals surface area contributed by atoms with E-state index in [0.29, 0.717) is 36.5 Å². The number of ether oxygens (including phenoxy) is 1. The molecule has 4 aliphatic heterocycles. The molecule has 0 spiro atoms. The molecule has 5 aliphatic rings. The van der Waals surface area contributed by atoms with Gasteiger partial charge in [0.15, 0.2) is 11.5 Å². The van der Waals surface area contributed by atoms with Gasteiger partial charge in [-0.15, -0.1) is 0 Å². The Morgan fingerprint density at radius 3 is 1.83 bits per heavy atom. The molecule has 370 valence electrons. The molecule has 2 bridgehead atoms. The Kier molecular flexibility index (Phi) is 16.8. The van der Waals surface area contributed by atoms with Gasteiger partial charge in [0.05, 0.1) is 23.7 Å². The Labute approximate surface area is 420 Å². The highest BCUT2D eigenvalue weighted by molar-refractivity contribution is 7.99. The van der Waals surface area contributed by atoms with Crippen molar-refractivity contribution >= 4 is 33.3 Å². The van der Waals surface area contributed by atoms with Crippen LogP contribution in [0.5, 0.6) is 11.5 Å². The summed E-state index contributed by atoms with van der Waals surface area (Å²) in [5.41, 5.74) is 10.9. The van der Waals surface area contributed by atoms with Crippen molar-refractivity contribution in [3.8, 4) is 22.6 Å². The number of para-hydroxylation sites is 2. The maximum atomic E-state index is 10.3. The zero-order valence-electron chi connectivity index (χ0n) is 41.5. The molecule has 70 heavy (non-hydrogen) atoms. The first-order chi connectivity index (χ1) is 33.7. The molecule has 10 nitrogen and oxygen atoms in total. The minimum atomic E-state index is -3.67. The van der Waals surface area contributed by atoms with E-state index >= 15 is 0 Å². The lowest BCUT2D eigenvalue weighted by molar-refractivity contribution is -0.0426. The van der Waals surface area contributed by atoms with E-state index in [1.165, 1.54) is 69.1 Å². The topological polar surface area (TPSA) is 117 Å². The van der Waals surface area contributed by atoms with E-state index in [4.69, 9.17) is 9.29 Å². The number of phenolic OH excluding ortho intramolecular Hbond substituents is 2. The van der Waals surface area contributed by atoms with Crippen molar-refractivity contribution < 1.29 is 27.9 Å². The number of hydrogen-bond donors (Lipinski definition) is 3. The van der Waals surface area contributed by atoms with Crippen molar-refractivity contribution in [1.29, 1.82) is 0 Å². The van der Waals surface area contributed by atoms with Crippen molar-refractivity contribution in [2.24, 2.45) is 0 Å². The Bertz CT molecular complexity index is 2690. The molecular formula is C58H70N4O6S2. The lowest BCUT2D eigenvalue weighted by atomic mass is 9.77. The van der Waals surface area contributed by atoms with Crippen LogP contribution in [0.1, 0.15) is 86.4 Å². The third-order valence-electron chi connectivity index (χ3n) is 14.7. The van der Waals surface area contributed by atoms with Crippen LogP contribution in [0.25, 0.3) is 11.1 Å².